The standard InChI is InChI=1S/C18H20S2Si/c1-11-9-15-13(5-7-19-15)17(11)21(3,4)18-12(2)10-16-14(18)6-8-20-16/h5-6,9-10H,7-8H2,1-4H3. The molecule has 4 aliphatic rings. The van der Waals surface area contributed by atoms with Gasteiger partial charge in [0.25, 0.3) is 0 Å². The van der Waals surface area contributed by atoms with Gasteiger partial charge in [0, 0.05) is 21.3 Å². The topological polar surface area (TPSA) is 0 Å². The van der Waals surface area contributed by atoms with E-state index in [0.717, 1.165) is 11.5 Å². The number of thioether (sulfide) groups is 2. The minimum atomic E-state index is -1.64. The van der Waals surface area contributed by atoms with E-state index in [-0.39, 0.29) is 0 Å². The van der Waals surface area contributed by atoms with Crippen LogP contribution in [0.3, 0.4) is 0 Å². The van der Waals surface area contributed by atoms with Crippen molar-refractivity contribution in [1.82, 2.24) is 0 Å². The van der Waals surface area contributed by atoms with Crippen molar-refractivity contribution in [2.75, 3.05) is 11.5 Å². The molecular weight excluding hydrogens is 308 g/mol. The lowest BCUT2D eigenvalue weighted by Crippen LogP contribution is -2.34. The predicted molar refractivity (Wildman–Crippen MR) is 100 cm³/mol. The van der Waals surface area contributed by atoms with Crippen molar-refractivity contribution in [3.63, 3.8) is 0 Å². The SMILES string of the molecule is CC1=C([Si](C)(C)C2=C(C)C=C3SCC=C32)C2=CCSC2=C1. The van der Waals surface area contributed by atoms with Crippen LogP contribution in [0.15, 0.2) is 66.8 Å². The van der Waals surface area contributed by atoms with Gasteiger partial charge in [-0.15, -0.1) is 23.5 Å². The first kappa shape index (κ1) is 14.0. The molecule has 0 amide bonds. The lowest BCUT2D eigenvalue weighted by atomic mass is 10.2. The number of rotatable bonds is 2. The Bertz CT molecular complexity index is 677. The number of hydrogen-bond acceptors (Lipinski definition) is 2. The van der Waals surface area contributed by atoms with Gasteiger partial charge in [-0.2, -0.15) is 0 Å². The molecule has 0 unspecified atom stereocenters. The van der Waals surface area contributed by atoms with Crippen LogP contribution in [0.5, 0.6) is 0 Å². The highest BCUT2D eigenvalue weighted by Crippen LogP contribution is 2.52. The lowest BCUT2D eigenvalue weighted by molar-refractivity contribution is 1.43. The number of hydrogen-bond donors (Lipinski definition) is 0. The molecule has 0 aromatic rings. The van der Waals surface area contributed by atoms with Gasteiger partial charge in [0.2, 0.25) is 0 Å². The van der Waals surface area contributed by atoms with Crippen LogP contribution in [0.1, 0.15) is 13.8 Å². The van der Waals surface area contributed by atoms with Gasteiger partial charge in [0.15, 0.2) is 0 Å². The van der Waals surface area contributed by atoms with E-state index < -0.39 is 8.07 Å². The molecule has 3 heteroatoms. The molecule has 0 fully saturated rings. The highest BCUT2D eigenvalue weighted by Gasteiger charge is 2.42. The van der Waals surface area contributed by atoms with Crippen LogP contribution in [0.25, 0.3) is 0 Å². The van der Waals surface area contributed by atoms with E-state index in [1.54, 1.807) is 21.5 Å². The Labute approximate surface area is 136 Å². The molecule has 2 aliphatic carbocycles. The third kappa shape index (κ3) is 1.90. The molecule has 108 valence electrons. The Kier molecular flexibility index (Phi) is 3.11. The largest absolute Gasteiger partial charge is 0.121 e. The van der Waals surface area contributed by atoms with E-state index in [1.165, 1.54) is 21.0 Å². The van der Waals surface area contributed by atoms with Crippen molar-refractivity contribution in [3.8, 4) is 0 Å². The van der Waals surface area contributed by atoms with Gasteiger partial charge in [-0.05, 0) is 58.7 Å². The van der Waals surface area contributed by atoms with E-state index in [0.29, 0.717) is 0 Å². The van der Waals surface area contributed by atoms with E-state index in [9.17, 15) is 0 Å². The summed E-state index contributed by atoms with van der Waals surface area (Å²) < 4.78 is 0. The zero-order valence-corrected chi connectivity index (χ0v) is 15.7. The van der Waals surface area contributed by atoms with Gasteiger partial charge in [-0.25, -0.2) is 0 Å². The Morgan fingerprint density at radius 1 is 0.810 bits per heavy atom. The summed E-state index contributed by atoms with van der Waals surface area (Å²) in [7, 11) is -1.64. The first-order chi connectivity index (χ1) is 10.00. The van der Waals surface area contributed by atoms with Crippen molar-refractivity contribution >= 4 is 31.6 Å². The molecule has 0 aromatic heterocycles. The Balaban J connectivity index is 1.83. The van der Waals surface area contributed by atoms with Crippen LogP contribution in [0.4, 0.5) is 0 Å². The second kappa shape index (κ2) is 4.67. The maximum Gasteiger partial charge on any atom is 0.114 e. The van der Waals surface area contributed by atoms with Crippen LogP contribution < -0.4 is 0 Å². The lowest BCUT2D eigenvalue weighted by Gasteiger charge is -2.30. The number of fused-ring (bicyclic) bond motifs is 2. The highest BCUT2D eigenvalue weighted by molar-refractivity contribution is 8.04. The molecular formula is C18H20S2Si. The highest BCUT2D eigenvalue weighted by atomic mass is 32.2. The predicted octanol–water partition coefficient (Wildman–Crippen LogP) is 5.55. The average Bonchev–Trinajstić information content (AvgIpc) is 3.07. The summed E-state index contributed by atoms with van der Waals surface area (Å²) >= 11 is 4.00. The molecule has 0 atom stereocenters. The monoisotopic (exact) mass is 328 g/mol. The van der Waals surface area contributed by atoms with Crippen molar-refractivity contribution < 1.29 is 0 Å². The molecule has 2 aliphatic heterocycles. The molecule has 0 aromatic carbocycles. The molecule has 0 spiro atoms. The first-order valence-electron chi connectivity index (χ1n) is 7.53. The van der Waals surface area contributed by atoms with E-state index in [1.807, 2.05) is 23.5 Å². The summed E-state index contributed by atoms with van der Waals surface area (Å²) in [6, 6.07) is 0. The van der Waals surface area contributed by atoms with E-state index >= 15 is 0 Å². The molecule has 2 heterocycles. The molecule has 0 radical (unpaired) electrons. The van der Waals surface area contributed by atoms with Crippen LogP contribution in [-0.4, -0.2) is 19.6 Å². The quantitative estimate of drug-likeness (QED) is 0.610. The number of allylic oxidation sites excluding steroid dienone is 8. The Morgan fingerprint density at radius 2 is 1.24 bits per heavy atom. The fourth-order valence-corrected chi connectivity index (χ4v) is 10.7. The van der Waals surface area contributed by atoms with Gasteiger partial charge < -0.3 is 0 Å². The minimum absolute atomic E-state index is 1.16. The molecule has 0 N–H and O–H groups in total. The Morgan fingerprint density at radius 3 is 1.67 bits per heavy atom. The summed E-state index contributed by atoms with van der Waals surface area (Å²) in [6.45, 7) is 9.72. The molecule has 4 rings (SSSR count). The molecule has 0 nitrogen and oxygen atoms in total. The molecule has 21 heavy (non-hydrogen) atoms. The normalized spacial score (nSPS) is 24.2. The zero-order valence-electron chi connectivity index (χ0n) is 13.0. The van der Waals surface area contributed by atoms with Crippen molar-refractivity contribution in [2.24, 2.45) is 0 Å². The summed E-state index contributed by atoms with van der Waals surface area (Å²) in [6.07, 6.45) is 9.75. The second-order valence-electron chi connectivity index (χ2n) is 6.62. The second-order valence-corrected chi connectivity index (χ2v) is 13.0. The maximum absolute atomic E-state index is 2.55. The Hall–Kier alpha value is -0.643. The molecule has 0 saturated carbocycles. The van der Waals surface area contributed by atoms with E-state index in [2.05, 4.69) is 51.2 Å². The fraction of sp³-hybridized carbons (Fsp3) is 0.333. The van der Waals surface area contributed by atoms with Gasteiger partial charge in [-0.3, -0.25) is 0 Å². The third-order valence-corrected chi connectivity index (χ3v) is 10.6. The van der Waals surface area contributed by atoms with Gasteiger partial charge in [0.05, 0.1) is 0 Å². The fourth-order valence-electron chi connectivity index (χ4n) is 4.22. The summed E-state index contributed by atoms with van der Waals surface area (Å²) in [5.41, 5.74) is 6.16. The molecule has 0 bridgehead atoms. The van der Waals surface area contributed by atoms with E-state index in [4.69, 9.17) is 0 Å². The van der Waals surface area contributed by atoms with Crippen LogP contribution >= 0.6 is 23.5 Å². The van der Waals surface area contributed by atoms with Crippen molar-refractivity contribution in [3.05, 3.63) is 66.8 Å². The first-order valence-corrected chi connectivity index (χ1v) is 12.5. The molecule has 0 saturated heterocycles. The maximum atomic E-state index is 2.55. The summed E-state index contributed by atoms with van der Waals surface area (Å²) in [4.78, 5) is 3.03. The van der Waals surface area contributed by atoms with Gasteiger partial charge in [0.1, 0.15) is 8.07 Å². The van der Waals surface area contributed by atoms with Gasteiger partial charge in [-0.1, -0.05) is 25.2 Å². The van der Waals surface area contributed by atoms with Crippen LogP contribution in [0.2, 0.25) is 13.1 Å². The zero-order chi connectivity index (χ0) is 14.8. The van der Waals surface area contributed by atoms with Crippen LogP contribution in [-0.2, 0) is 0 Å². The minimum Gasteiger partial charge on any atom is -0.121 e. The third-order valence-electron chi connectivity index (χ3n) is 4.86. The van der Waals surface area contributed by atoms with Gasteiger partial charge >= 0.3 is 0 Å². The van der Waals surface area contributed by atoms with Crippen molar-refractivity contribution in [1.29, 1.82) is 0 Å². The summed E-state index contributed by atoms with van der Waals surface area (Å²) in [5, 5.41) is 3.37. The summed E-state index contributed by atoms with van der Waals surface area (Å²) in [5.74, 6) is 2.31. The average molecular weight is 329 g/mol. The van der Waals surface area contributed by atoms with Crippen LogP contribution in [0, 0.1) is 0 Å². The smallest absolute Gasteiger partial charge is 0.114 e. The van der Waals surface area contributed by atoms with Crippen molar-refractivity contribution in [2.45, 2.75) is 26.9 Å².